The molecule has 0 fully saturated rings. The van der Waals surface area contributed by atoms with E-state index in [2.05, 4.69) is 25.2 Å². The summed E-state index contributed by atoms with van der Waals surface area (Å²) in [7, 11) is 3.28. The number of nitrogens with one attached hydrogen (secondary N) is 1. The van der Waals surface area contributed by atoms with Gasteiger partial charge in [0, 0.05) is 5.41 Å². The second-order valence-corrected chi connectivity index (χ2v) is 9.63. The second kappa shape index (κ2) is 11.7. The van der Waals surface area contributed by atoms with E-state index in [1.54, 1.807) is 20.3 Å². The summed E-state index contributed by atoms with van der Waals surface area (Å²) < 4.78 is 24.6. The van der Waals surface area contributed by atoms with E-state index < -0.39 is 11.4 Å². The molecule has 2 aromatic rings. The van der Waals surface area contributed by atoms with E-state index in [0.717, 1.165) is 67.8 Å². The second-order valence-electron chi connectivity index (χ2n) is 9.63. The molecule has 2 atom stereocenters. The van der Waals surface area contributed by atoms with E-state index in [1.807, 2.05) is 18.2 Å². The third kappa shape index (κ3) is 5.72. The number of hydrogen-bond acceptors (Lipinski definition) is 4. The molecular weight excluding hydrogens is 433 g/mol. The number of hydrogen-bond donors (Lipinski definition) is 2. The van der Waals surface area contributed by atoms with Gasteiger partial charge in [0.25, 0.3) is 0 Å². The molecule has 0 spiro atoms. The van der Waals surface area contributed by atoms with Gasteiger partial charge in [-0.25, -0.2) is 4.39 Å². The Labute approximate surface area is 202 Å². The predicted octanol–water partition coefficient (Wildman–Crippen LogP) is 5.39. The normalized spacial score (nSPS) is 19.6. The van der Waals surface area contributed by atoms with Crippen molar-refractivity contribution in [1.82, 2.24) is 5.32 Å². The summed E-state index contributed by atoms with van der Waals surface area (Å²) in [5, 5.41) is 13.3. The molecule has 0 heterocycles. The van der Waals surface area contributed by atoms with E-state index in [0.29, 0.717) is 0 Å². The van der Waals surface area contributed by atoms with Crippen LogP contribution in [0.4, 0.5) is 4.39 Å². The first-order valence-electron chi connectivity index (χ1n) is 12.2. The van der Waals surface area contributed by atoms with E-state index in [4.69, 9.17) is 9.47 Å². The molecule has 5 nitrogen and oxygen atoms in total. The van der Waals surface area contributed by atoms with Crippen molar-refractivity contribution in [3.8, 4) is 11.5 Å². The van der Waals surface area contributed by atoms with Gasteiger partial charge in [-0.1, -0.05) is 26.0 Å². The van der Waals surface area contributed by atoms with Crippen LogP contribution in [0.5, 0.6) is 11.5 Å². The van der Waals surface area contributed by atoms with Crippen LogP contribution in [0.25, 0.3) is 0 Å². The monoisotopic (exact) mass is 471 g/mol. The highest BCUT2D eigenvalue weighted by molar-refractivity contribution is 5.70. The predicted molar refractivity (Wildman–Crippen MR) is 132 cm³/mol. The largest absolute Gasteiger partial charge is 0.493 e. The fourth-order valence-electron chi connectivity index (χ4n) is 5.76. The van der Waals surface area contributed by atoms with Crippen molar-refractivity contribution in [1.29, 1.82) is 0 Å². The first-order chi connectivity index (χ1) is 16.3. The van der Waals surface area contributed by atoms with Crippen molar-refractivity contribution < 1.29 is 23.8 Å². The summed E-state index contributed by atoms with van der Waals surface area (Å²) in [6.45, 7) is 5.92. The van der Waals surface area contributed by atoms with Crippen LogP contribution < -0.4 is 14.8 Å². The first-order valence-corrected chi connectivity index (χ1v) is 12.2. The zero-order chi connectivity index (χ0) is 24.7. The average molecular weight is 472 g/mol. The minimum Gasteiger partial charge on any atom is -0.493 e. The summed E-state index contributed by atoms with van der Waals surface area (Å²) >= 11 is 0. The molecule has 2 N–H and O–H groups in total. The van der Waals surface area contributed by atoms with Crippen molar-refractivity contribution in [2.45, 2.75) is 57.8 Å². The summed E-state index contributed by atoms with van der Waals surface area (Å²) in [6, 6.07) is 10.9. The number of halogens is 1. The highest BCUT2D eigenvalue weighted by Gasteiger charge is 2.47. The SMILES string of the molecule is COc1ccc(CCCNCCC2CCc3cc(F)ccc3C2(CC(=O)O)C(C)C)cc1OC. The molecule has 1 aliphatic rings. The van der Waals surface area contributed by atoms with Gasteiger partial charge in [0.1, 0.15) is 5.82 Å². The molecule has 0 radical (unpaired) electrons. The van der Waals surface area contributed by atoms with Gasteiger partial charge >= 0.3 is 5.97 Å². The van der Waals surface area contributed by atoms with Crippen LogP contribution in [-0.2, 0) is 23.1 Å². The lowest BCUT2D eigenvalue weighted by Crippen LogP contribution is -2.46. The van der Waals surface area contributed by atoms with Crippen molar-refractivity contribution in [2.24, 2.45) is 11.8 Å². The lowest BCUT2D eigenvalue weighted by atomic mass is 9.55. The molecule has 186 valence electrons. The van der Waals surface area contributed by atoms with E-state index in [9.17, 15) is 14.3 Å². The molecule has 1 aliphatic carbocycles. The zero-order valence-corrected chi connectivity index (χ0v) is 20.8. The average Bonchev–Trinajstić information content (AvgIpc) is 2.81. The molecule has 2 unspecified atom stereocenters. The minimum atomic E-state index is -0.793. The van der Waals surface area contributed by atoms with Crippen molar-refractivity contribution in [3.63, 3.8) is 0 Å². The third-order valence-corrected chi connectivity index (χ3v) is 7.47. The maximum atomic E-state index is 13.9. The Morgan fingerprint density at radius 3 is 2.59 bits per heavy atom. The smallest absolute Gasteiger partial charge is 0.304 e. The van der Waals surface area contributed by atoms with Crippen molar-refractivity contribution in [2.75, 3.05) is 27.3 Å². The number of carboxylic acid groups (broad SMARTS) is 1. The highest BCUT2D eigenvalue weighted by Crippen LogP contribution is 2.50. The molecule has 34 heavy (non-hydrogen) atoms. The summed E-state index contributed by atoms with van der Waals surface area (Å²) in [6.07, 6.45) is 4.59. The van der Waals surface area contributed by atoms with Gasteiger partial charge in [0.05, 0.1) is 20.6 Å². The van der Waals surface area contributed by atoms with Crippen LogP contribution in [-0.4, -0.2) is 38.4 Å². The Hall–Kier alpha value is -2.60. The van der Waals surface area contributed by atoms with Gasteiger partial charge in [-0.05, 0) is 98.0 Å². The topological polar surface area (TPSA) is 67.8 Å². The summed E-state index contributed by atoms with van der Waals surface area (Å²) in [5.74, 6) is 0.813. The van der Waals surface area contributed by atoms with Crippen LogP contribution in [0.3, 0.4) is 0 Å². The first kappa shape index (κ1) is 26.0. The van der Waals surface area contributed by atoms with Crippen LogP contribution in [0, 0.1) is 17.7 Å². The lowest BCUT2D eigenvalue weighted by Gasteiger charge is -2.48. The molecule has 2 aromatic carbocycles. The maximum absolute atomic E-state index is 13.9. The number of benzene rings is 2. The number of rotatable bonds is 12. The maximum Gasteiger partial charge on any atom is 0.304 e. The quantitative estimate of drug-likeness (QED) is 0.407. The van der Waals surface area contributed by atoms with E-state index >= 15 is 0 Å². The number of aryl methyl sites for hydroxylation is 2. The Bertz CT molecular complexity index is 977. The Morgan fingerprint density at radius 2 is 1.91 bits per heavy atom. The molecule has 0 bridgehead atoms. The third-order valence-electron chi connectivity index (χ3n) is 7.47. The van der Waals surface area contributed by atoms with Crippen LogP contribution in [0.1, 0.15) is 56.2 Å². The molecule has 0 aliphatic heterocycles. The molecule has 6 heteroatoms. The highest BCUT2D eigenvalue weighted by atomic mass is 19.1. The Balaban J connectivity index is 1.60. The summed E-state index contributed by atoms with van der Waals surface area (Å²) in [5.41, 5.74) is 2.72. The molecule has 3 rings (SSSR count). The Morgan fingerprint density at radius 1 is 1.15 bits per heavy atom. The zero-order valence-electron chi connectivity index (χ0n) is 20.8. The van der Waals surface area contributed by atoms with Gasteiger partial charge in [-0.2, -0.15) is 0 Å². The number of ether oxygens (including phenoxy) is 2. The van der Waals surface area contributed by atoms with Crippen molar-refractivity contribution >= 4 is 5.97 Å². The van der Waals surface area contributed by atoms with Crippen LogP contribution in [0.15, 0.2) is 36.4 Å². The standard InChI is InChI=1S/C28H38FNO4/c1-19(2)28(18-27(31)32)22(9-8-21-17-23(29)10-11-24(21)28)13-15-30-14-5-6-20-7-12-25(33-3)26(16-20)34-4/h7,10-12,16-17,19,22,30H,5-6,8-9,13-15,18H2,1-4H3,(H,31,32). The fourth-order valence-corrected chi connectivity index (χ4v) is 5.76. The van der Waals surface area contributed by atoms with Gasteiger partial charge in [-0.3, -0.25) is 4.79 Å². The summed E-state index contributed by atoms with van der Waals surface area (Å²) in [4.78, 5) is 11.9. The molecular formula is C28H38FNO4. The van der Waals surface area contributed by atoms with Gasteiger partial charge < -0.3 is 19.9 Å². The number of aliphatic carboxylic acids is 1. The number of fused-ring (bicyclic) bond motifs is 1. The van der Waals surface area contributed by atoms with Gasteiger partial charge in [0.15, 0.2) is 11.5 Å². The number of methoxy groups -OCH3 is 2. The Kier molecular flexibility index (Phi) is 8.95. The lowest BCUT2D eigenvalue weighted by molar-refractivity contribution is -0.140. The minimum absolute atomic E-state index is 0.0767. The molecule has 0 saturated heterocycles. The van der Waals surface area contributed by atoms with Crippen LogP contribution in [0.2, 0.25) is 0 Å². The van der Waals surface area contributed by atoms with Crippen molar-refractivity contribution in [3.05, 3.63) is 58.9 Å². The fraction of sp³-hybridized carbons (Fsp3) is 0.536. The van der Waals surface area contributed by atoms with Gasteiger partial charge in [-0.15, -0.1) is 0 Å². The van der Waals surface area contributed by atoms with Crippen LogP contribution >= 0.6 is 0 Å². The molecule has 0 aromatic heterocycles. The molecule has 0 saturated carbocycles. The molecule has 0 amide bonds. The van der Waals surface area contributed by atoms with E-state index in [1.165, 1.54) is 11.6 Å². The van der Waals surface area contributed by atoms with Gasteiger partial charge in [0.2, 0.25) is 0 Å². The number of carboxylic acids is 1. The number of carbonyl (C=O) groups is 1. The van der Waals surface area contributed by atoms with E-state index in [-0.39, 0.29) is 24.1 Å².